The van der Waals surface area contributed by atoms with Crippen molar-refractivity contribution in [2.24, 2.45) is 0 Å². The van der Waals surface area contributed by atoms with Gasteiger partial charge in [-0.1, -0.05) is 30.3 Å². The highest BCUT2D eigenvalue weighted by atomic mass is 16.2. The Kier molecular flexibility index (Phi) is 4.95. The van der Waals surface area contributed by atoms with Crippen LogP contribution < -0.4 is 5.32 Å². The summed E-state index contributed by atoms with van der Waals surface area (Å²) in [5, 5.41) is 9.68. The third-order valence-corrected chi connectivity index (χ3v) is 5.87. The third kappa shape index (κ3) is 3.68. The number of fused-ring (bicyclic) bond motifs is 1. The third-order valence-electron chi connectivity index (χ3n) is 5.87. The minimum atomic E-state index is -0.226. The Morgan fingerprint density at radius 2 is 1.97 bits per heavy atom. The number of imidazole rings is 1. The van der Waals surface area contributed by atoms with Gasteiger partial charge in [0.05, 0.1) is 29.6 Å². The second-order valence-electron chi connectivity index (χ2n) is 7.72. The topological polar surface area (TPSA) is 95.4 Å². The molecule has 2 N–H and O–H groups in total. The van der Waals surface area contributed by atoms with Crippen LogP contribution in [-0.2, 0) is 0 Å². The van der Waals surface area contributed by atoms with Crippen molar-refractivity contribution in [2.75, 3.05) is 13.1 Å². The average Bonchev–Trinajstić information content (AvgIpc) is 3.51. The number of carbonyl (C=O) groups excluding carboxylic acids is 2. The van der Waals surface area contributed by atoms with E-state index in [9.17, 15) is 9.59 Å². The zero-order valence-corrected chi connectivity index (χ0v) is 16.8. The number of aromatic nitrogens is 4. The van der Waals surface area contributed by atoms with E-state index in [1.54, 1.807) is 24.8 Å². The van der Waals surface area contributed by atoms with Crippen molar-refractivity contribution in [3.8, 4) is 0 Å². The van der Waals surface area contributed by atoms with E-state index in [-0.39, 0.29) is 23.8 Å². The van der Waals surface area contributed by atoms with E-state index in [0.717, 1.165) is 17.5 Å². The molecule has 156 valence electrons. The number of pyridine rings is 1. The molecule has 1 fully saturated rings. The molecule has 2 atom stereocenters. The van der Waals surface area contributed by atoms with Crippen molar-refractivity contribution in [3.63, 3.8) is 0 Å². The molecule has 2 amide bonds. The van der Waals surface area contributed by atoms with Crippen LogP contribution in [0.3, 0.4) is 0 Å². The molecule has 4 heterocycles. The van der Waals surface area contributed by atoms with Crippen molar-refractivity contribution in [1.29, 1.82) is 0 Å². The number of carbonyl (C=O) groups is 2. The number of rotatable bonds is 4. The van der Waals surface area contributed by atoms with Crippen LogP contribution in [0.25, 0.3) is 5.52 Å². The fraction of sp³-hybridized carbons (Fsp3) is 0.217. The lowest BCUT2D eigenvalue weighted by atomic mass is 9.85. The molecule has 1 aromatic carbocycles. The maximum absolute atomic E-state index is 13.4. The summed E-state index contributed by atoms with van der Waals surface area (Å²) in [6.45, 7) is 1.04. The maximum Gasteiger partial charge on any atom is 0.269 e. The first-order valence-corrected chi connectivity index (χ1v) is 10.3. The van der Waals surface area contributed by atoms with Crippen LogP contribution in [0.15, 0.2) is 73.4 Å². The number of piperidine rings is 1. The van der Waals surface area contributed by atoms with Gasteiger partial charge in [0.1, 0.15) is 5.69 Å². The molecule has 8 nitrogen and oxygen atoms in total. The summed E-state index contributed by atoms with van der Waals surface area (Å²) in [7, 11) is 0. The molecule has 0 unspecified atom stereocenters. The van der Waals surface area contributed by atoms with E-state index in [1.165, 1.54) is 0 Å². The number of amides is 2. The quantitative estimate of drug-likeness (QED) is 0.536. The Balaban J connectivity index is 1.42. The highest BCUT2D eigenvalue weighted by Crippen LogP contribution is 2.29. The summed E-state index contributed by atoms with van der Waals surface area (Å²) in [6.07, 6.45) is 7.55. The minimum absolute atomic E-state index is 0.0570. The van der Waals surface area contributed by atoms with Crippen molar-refractivity contribution in [2.45, 2.75) is 18.4 Å². The number of H-pyrrole nitrogens is 1. The van der Waals surface area contributed by atoms with Gasteiger partial charge in [0.2, 0.25) is 0 Å². The summed E-state index contributed by atoms with van der Waals surface area (Å²) < 4.78 is 1.83. The van der Waals surface area contributed by atoms with E-state index < -0.39 is 0 Å². The van der Waals surface area contributed by atoms with Crippen LogP contribution in [-0.4, -0.2) is 55.4 Å². The summed E-state index contributed by atoms with van der Waals surface area (Å²) >= 11 is 0. The summed E-state index contributed by atoms with van der Waals surface area (Å²) in [4.78, 5) is 32.1. The fourth-order valence-electron chi connectivity index (χ4n) is 4.31. The molecule has 1 saturated heterocycles. The molecule has 1 aliphatic rings. The van der Waals surface area contributed by atoms with E-state index in [1.807, 2.05) is 45.8 Å². The van der Waals surface area contributed by atoms with Gasteiger partial charge in [0, 0.05) is 31.4 Å². The zero-order valence-electron chi connectivity index (χ0n) is 16.8. The largest absolute Gasteiger partial charge is 0.346 e. The molecule has 8 heteroatoms. The molecule has 0 bridgehead atoms. The molecule has 31 heavy (non-hydrogen) atoms. The molecule has 3 aromatic heterocycles. The minimum Gasteiger partial charge on any atom is -0.346 e. The smallest absolute Gasteiger partial charge is 0.269 e. The Hall–Kier alpha value is -3.94. The van der Waals surface area contributed by atoms with Gasteiger partial charge in [-0.15, -0.1) is 0 Å². The van der Waals surface area contributed by atoms with Crippen LogP contribution >= 0.6 is 0 Å². The molecule has 5 rings (SSSR count). The highest BCUT2D eigenvalue weighted by molar-refractivity contribution is 6.00. The van der Waals surface area contributed by atoms with E-state index >= 15 is 0 Å². The van der Waals surface area contributed by atoms with Gasteiger partial charge in [-0.3, -0.25) is 14.7 Å². The lowest BCUT2D eigenvalue weighted by Gasteiger charge is -2.39. The molecule has 0 saturated carbocycles. The van der Waals surface area contributed by atoms with Gasteiger partial charge in [-0.05, 0) is 30.2 Å². The number of benzene rings is 1. The lowest BCUT2D eigenvalue weighted by molar-refractivity contribution is 0.0655. The number of hydrogen-bond acceptors (Lipinski definition) is 4. The molecular formula is C23H22N6O2. The summed E-state index contributed by atoms with van der Waals surface area (Å²) in [6, 6.07) is 15.2. The average molecular weight is 414 g/mol. The van der Waals surface area contributed by atoms with E-state index in [4.69, 9.17) is 0 Å². The predicted molar refractivity (Wildman–Crippen MR) is 115 cm³/mol. The van der Waals surface area contributed by atoms with Crippen molar-refractivity contribution >= 4 is 17.3 Å². The lowest BCUT2D eigenvalue weighted by Crippen LogP contribution is -2.53. The first-order chi connectivity index (χ1) is 15.2. The SMILES string of the molecule is O=C(N[C@@H]1CN(C(=O)c2cccn3cncc23)CC[C@H]1c1ccccc1)c1ccn[nH]1. The van der Waals surface area contributed by atoms with Crippen LogP contribution in [0.4, 0.5) is 0 Å². The Bertz CT molecular complexity index is 1200. The summed E-state index contributed by atoms with van der Waals surface area (Å²) in [5.41, 5.74) is 2.94. The van der Waals surface area contributed by atoms with Crippen LogP contribution in [0.5, 0.6) is 0 Å². The highest BCUT2D eigenvalue weighted by Gasteiger charge is 2.34. The standard InChI is InChI=1S/C23H22N6O2/c30-22(19-8-10-25-27-19)26-20-14-28(12-9-17(20)16-5-2-1-3-6-16)23(31)18-7-4-11-29-15-24-13-21(18)29/h1-8,10-11,13,15,17,20H,9,12,14H2,(H,25,27)(H,26,30)/t17-,20+/m0/s1. The molecule has 1 aliphatic heterocycles. The van der Waals surface area contributed by atoms with Crippen molar-refractivity contribution in [3.05, 3.63) is 90.3 Å². The predicted octanol–water partition coefficient (Wildman–Crippen LogP) is 2.49. The fourth-order valence-corrected chi connectivity index (χ4v) is 4.31. The van der Waals surface area contributed by atoms with E-state index in [2.05, 4.69) is 32.6 Å². The Morgan fingerprint density at radius 3 is 2.77 bits per heavy atom. The normalized spacial score (nSPS) is 18.8. The second kappa shape index (κ2) is 8.06. The first-order valence-electron chi connectivity index (χ1n) is 10.3. The van der Waals surface area contributed by atoms with E-state index in [0.29, 0.717) is 24.3 Å². The van der Waals surface area contributed by atoms with Gasteiger partial charge in [-0.2, -0.15) is 5.10 Å². The first kappa shape index (κ1) is 19.0. The number of nitrogens with zero attached hydrogens (tertiary/aromatic N) is 4. The van der Waals surface area contributed by atoms with Crippen molar-refractivity contribution in [1.82, 2.24) is 29.8 Å². The zero-order chi connectivity index (χ0) is 21.2. The maximum atomic E-state index is 13.4. The number of likely N-dealkylation sites (tertiary alicyclic amines) is 1. The number of hydrogen-bond donors (Lipinski definition) is 2. The molecule has 0 radical (unpaired) electrons. The van der Waals surface area contributed by atoms with Gasteiger partial charge >= 0.3 is 0 Å². The molecular weight excluding hydrogens is 392 g/mol. The monoisotopic (exact) mass is 414 g/mol. The van der Waals surface area contributed by atoms with Crippen LogP contribution in [0, 0.1) is 0 Å². The summed E-state index contributed by atoms with van der Waals surface area (Å²) in [5.74, 6) is -0.170. The van der Waals surface area contributed by atoms with Gasteiger partial charge in [-0.25, -0.2) is 4.98 Å². The van der Waals surface area contributed by atoms with Crippen LogP contribution in [0.1, 0.15) is 38.7 Å². The number of nitrogens with one attached hydrogen (secondary N) is 2. The Labute approximate surface area is 178 Å². The van der Waals surface area contributed by atoms with Crippen LogP contribution in [0.2, 0.25) is 0 Å². The number of aromatic amines is 1. The molecule has 0 spiro atoms. The Morgan fingerprint density at radius 1 is 1.10 bits per heavy atom. The second-order valence-corrected chi connectivity index (χ2v) is 7.72. The van der Waals surface area contributed by atoms with Gasteiger partial charge < -0.3 is 14.6 Å². The van der Waals surface area contributed by atoms with Gasteiger partial charge in [0.25, 0.3) is 11.8 Å². The molecule has 0 aliphatic carbocycles. The van der Waals surface area contributed by atoms with Gasteiger partial charge in [0.15, 0.2) is 0 Å². The van der Waals surface area contributed by atoms with Crippen molar-refractivity contribution < 1.29 is 9.59 Å². The molecule has 4 aromatic rings.